The van der Waals surface area contributed by atoms with Gasteiger partial charge in [-0.05, 0) is 49.8 Å². The molecule has 1 saturated carbocycles. The monoisotopic (exact) mass is 279 g/mol. The minimum Gasteiger partial charge on any atom is -0.496 e. The molecule has 2 nitrogen and oxygen atoms in total. The van der Waals surface area contributed by atoms with Crippen LogP contribution in [0.5, 0.6) is 5.75 Å². The minimum atomic E-state index is -0.209. The van der Waals surface area contributed by atoms with Gasteiger partial charge in [0.25, 0.3) is 0 Å². The van der Waals surface area contributed by atoms with Gasteiger partial charge in [0.05, 0.1) is 7.11 Å². The highest BCUT2D eigenvalue weighted by Crippen LogP contribution is 2.32. The van der Waals surface area contributed by atoms with E-state index in [1.165, 1.54) is 25.3 Å². The normalized spacial score (nSPS) is 28.1. The first-order valence-corrected chi connectivity index (χ1v) is 7.62. The van der Waals surface area contributed by atoms with Gasteiger partial charge in [-0.15, -0.1) is 0 Å². The van der Waals surface area contributed by atoms with Crippen LogP contribution in [0, 0.1) is 17.7 Å². The molecule has 1 aromatic carbocycles. The Hall–Kier alpha value is -1.09. The van der Waals surface area contributed by atoms with E-state index in [4.69, 9.17) is 4.74 Å². The summed E-state index contributed by atoms with van der Waals surface area (Å²) in [6.07, 6.45) is 3.86. The van der Waals surface area contributed by atoms with E-state index in [2.05, 4.69) is 26.1 Å². The Kier molecular flexibility index (Phi) is 5.03. The van der Waals surface area contributed by atoms with Crippen LogP contribution >= 0.6 is 0 Å². The summed E-state index contributed by atoms with van der Waals surface area (Å²) in [5.41, 5.74) is 0.900. The molecule has 2 rings (SSSR count). The van der Waals surface area contributed by atoms with Crippen molar-refractivity contribution in [1.82, 2.24) is 5.32 Å². The summed E-state index contributed by atoms with van der Waals surface area (Å²) in [5, 5.41) is 3.69. The van der Waals surface area contributed by atoms with Crippen LogP contribution in [0.15, 0.2) is 18.2 Å². The lowest BCUT2D eigenvalue weighted by Gasteiger charge is -2.37. The van der Waals surface area contributed by atoms with Gasteiger partial charge in [0.15, 0.2) is 0 Å². The molecule has 3 atom stereocenters. The number of ether oxygens (including phenoxy) is 1. The summed E-state index contributed by atoms with van der Waals surface area (Å²) in [5.74, 6) is 1.88. The standard InChI is InChI=1S/C17H26FNO/c1-11-6-5-7-12(2)17(11)19-13(3)15-10-14(18)8-9-16(15)20-4/h8-13,17,19H,5-7H2,1-4H3. The fraction of sp³-hybridized carbons (Fsp3) is 0.647. The highest BCUT2D eigenvalue weighted by atomic mass is 19.1. The average Bonchev–Trinajstić information content (AvgIpc) is 2.43. The van der Waals surface area contributed by atoms with Gasteiger partial charge in [-0.2, -0.15) is 0 Å². The summed E-state index contributed by atoms with van der Waals surface area (Å²) in [6.45, 7) is 6.71. The number of methoxy groups -OCH3 is 1. The maximum absolute atomic E-state index is 13.5. The highest BCUT2D eigenvalue weighted by Gasteiger charge is 2.29. The lowest BCUT2D eigenvalue weighted by atomic mass is 9.78. The van der Waals surface area contributed by atoms with Crippen molar-refractivity contribution < 1.29 is 9.13 Å². The predicted octanol–water partition coefficient (Wildman–Crippen LogP) is 4.31. The topological polar surface area (TPSA) is 21.3 Å². The zero-order chi connectivity index (χ0) is 14.7. The molecule has 0 bridgehead atoms. The molecule has 1 aliphatic carbocycles. The van der Waals surface area contributed by atoms with E-state index in [0.717, 1.165) is 11.3 Å². The van der Waals surface area contributed by atoms with Gasteiger partial charge < -0.3 is 10.1 Å². The van der Waals surface area contributed by atoms with E-state index >= 15 is 0 Å². The zero-order valence-corrected chi connectivity index (χ0v) is 12.9. The van der Waals surface area contributed by atoms with Crippen LogP contribution in [0.3, 0.4) is 0 Å². The molecule has 1 aromatic rings. The van der Waals surface area contributed by atoms with Crippen molar-refractivity contribution in [3.05, 3.63) is 29.6 Å². The quantitative estimate of drug-likeness (QED) is 0.886. The largest absolute Gasteiger partial charge is 0.496 e. The molecule has 1 fully saturated rings. The van der Waals surface area contributed by atoms with Crippen molar-refractivity contribution in [3.63, 3.8) is 0 Å². The van der Waals surface area contributed by atoms with Crippen molar-refractivity contribution in [2.45, 2.75) is 52.1 Å². The first kappa shape index (κ1) is 15.3. The molecule has 0 spiro atoms. The maximum Gasteiger partial charge on any atom is 0.123 e. The Morgan fingerprint density at radius 3 is 2.50 bits per heavy atom. The molecule has 0 radical (unpaired) electrons. The molecule has 3 heteroatoms. The van der Waals surface area contributed by atoms with Crippen LogP contribution in [0.25, 0.3) is 0 Å². The van der Waals surface area contributed by atoms with Gasteiger partial charge in [0, 0.05) is 17.6 Å². The fourth-order valence-electron chi connectivity index (χ4n) is 3.43. The van der Waals surface area contributed by atoms with E-state index in [1.54, 1.807) is 19.2 Å². The highest BCUT2D eigenvalue weighted by molar-refractivity contribution is 5.36. The van der Waals surface area contributed by atoms with E-state index in [9.17, 15) is 4.39 Å². The first-order chi connectivity index (χ1) is 9.52. The molecule has 0 aliphatic heterocycles. The molecular weight excluding hydrogens is 253 g/mol. The number of halogens is 1. The van der Waals surface area contributed by atoms with Crippen LogP contribution in [0.2, 0.25) is 0 Å². The van der Waals surface area contributed by atoms with Crippen molar-refractivity contribution in [2.75, 3.05) is 7.11 Å². The number of benzene rings is 1. The van der Waals surface area contributed by atoms with Crippen molar-refractivity contribution >= 4 is 0 Å². The van der Waals surface area contributed by atoms with E-state index < -0.39 is 0 Å². The Morgan fingerprint density at radius 2 is 1.90 bits per heavy atom. The van der Waals surface area contributed by atoms with E-state index in [0.29, 0.717) is 17.9 Å². The second-order valence-electron chi connectivity index (χ2n) is 6.19. The summed E-state index contributed by atoms with van der Waals surface area (Å²) >= 11 is 0. The Balaban J connectivity index is 2.14. The number of hydrogen-bond acceptors (Lipinski definition) is 2. The number of hydrogen-bond donors (Lipinski definition) is 1. The van der Waals surface area contributed by atoms with Crippen molar-refractivity contribution in [1.29, 1.82) is 0 Å². The van der Waals surface area contributed by atoms with Crippen LogP contribution in [-0.2, 0) is 0 Å². The predicted molar refractivity (Wildman–Crippen MR) is 80.5 cm³/mol. The summed E-state index contributed by atoms with van der Waals surface area (Å²) in [6, 6.07) is 5.31. The van der Waals surface area contributed by atoms with E-state index in [-0.39, 0.29) is 11.9 Å². The molecule has 112 valence electrons. The number of nitrogens with one attached hydrogen (secondary N) is 1. The van der Waals surface area contributed by atoms with E-state index in [1.807, 2.05) is 0 Å². The van der Waals surface area contributed by atoms with Gasteiger partial charge in [0.2, 0.25) is 0 Å². The number of rotatable bonds is 4. The summed E-state index contributed by atoms with van der Waals surface area (Å²) in [4.78, 5) is 0. The van der Waals surface area contributed by atoms with Gasteiger partial charge in [0.1, 0.15) is 11.6 Å². The molecular formula is C17H26FNO. The summed E-state index contributed by atoms with van der Waals surface area (Å²) in [7, 11) is 1.63. The van der Waals surface area contributed by atoms with Crippen LogP contribution in [-0.4, -0.2) is 13.2 Å². The molecule has 0 amide bonds. The van der Waals surface area contributed by atoms with Crippen LogP contribution in [0.4, 0.5) is 4.39 Å². The van der Waals surface area contributed by atoms with Gasteiger partial charge in [-0.25, -0.2) is 4.39 Å². The first-order valence-electron chi connectivity index (χ1n) is 7.62. The van der Waals surface area contributed by atoms with Crippen LogP contribution in [0.1, 0.15) is 51.6 Å². The zero-order valence-electron chi connectivity index (χ0n) is 12.9. The molecule has 1 aliphatic rings. The molecule has 0 heterocycles. The second-order valence-corrected chi connectivity index (χ2v) is 6.19. The van der Waals surface area contributed by atoms with Crippen molar-refractivity contribution in [3.8, 4) is 5.75 Å². The maximum atomic E-state index is 13.5. The summed E-state index contributed by atoms with van der Waals surface area (Å²) < 4.78 is 18.9. The third-order valence-corrected chi connectivity index (χ3v) is 4.65. The van der Waals surface area contributed by atoms with Gasteiger partial charge in [-0.3, -0.25) is 0 Å². The third kappa shape index (κ3) is 3.32. The second kappa shape index (κ2) is 6.57. The average molecular weight is 279 g/mol. The third-order valence-electron chi connectivity index (χ3n) is 4.65. The Labute approximate surface area is 121 Å². The van der Waals surface area contributed by atoms with Crippen molar-refractivity contribution in [2.24, 2.45) is 11.8 Å². The lowest BCUT2D eigenvalue weighted by molar-refractivity contribution is 0.195. The fourth-order valence-corrected chi connectivity index (χ4v) is 3.43. The van der Waals surface area contributed by atoms with Crippen LogP contribution < -0.4 is 10.1 Å². The van der Waals surface area contributed by atoms with Gasteiger partial charge >= 0.3 is 0 Å². The Morgan fingerprint density at radius 1 is 1.25 bits per heavy atom. The molecule has 0 saturated heterocycles. The smallest absolute Gasteiger partial charge is 0.123 e. The Bertz CT molecular complexity index is 439. The molecule has 20 heavy (non-hydrogen) atoms. The minimum absolute atomic E-state index is 0.0913. The van der Waals surface area contributed by atoms with Gasteiger partial charge in [-0.1, -0.05) is 20.3 Å². The molecule has 1 N–H and O–H groups in total. The molecule has 3 unspecified atom stereocenters. The lowest BCUT2D eigenvalue weighted by Crippen LogP contribution is -2.43. The molecule has 0 aromatic heterocycles. The SMILES string of the molecule is COc1ccc(F)cc1C(C)NC1C(C)CCCC1C.